The van der Waals surface area contributed by atoms with Crippen molar-refractivity contribution in [1.29, 1.82) is 0 Å². The predicted molar refractivity (Wildman–Crippen MR) is 82.0 cm³/mol. The maximum Gasteiger partial charge on any atom is 0.237 e. The van der Waals surface area contributed by atoms with E-state index in [0.717, 1.165) is 31.7 Å². The highest BCUT2D eigenvalue weighted by Gasteiger charge is 2.43. The van der Waals surface area contributed by atoms with E-state index < -0.39 is 0 Å². The molecule has 2 aliphatic rings. The van der Waals surface area contributed by atoms with Crippen molar-refractivity contribution in [3.8, 4) is 0 Å². The summed E-state index contributed by atoms with van der Waals surface area (Å²) in [5.74, 6) is 0.967. The van der Waals surface area contributed by atoms with Gasteiger partial charge in [0, 0.05) is 12.2 Å². The molecule has 2 heterocycles. The number of para-hydroxylation sites is 1. The summed E-state index contributed by atoms with van der Waals surface area (Å²) in [5.41, 5.74) is 1.92. The van der Waals surface area contributed by atoms with E-state index in [4.69, 9.17) is 0 Å². The lowest BCUT2D eigenvalue weighted by molar-refractivity contribution is -0.122. The molecule has 3 heteroatoms. The third-order valence-electron chi connectivity index (χ3n) is 4.81. The van der Waals surface area contributed by atoms with Gasteiger partial charge in [0.15, 0.2) is 0 Å². The Bertz CT molecular complexity index is 503. The van der Waals surface area contributed by atoms with Crippen LogP contribution in [0.2, 0.25) is 0 Å². The van der Waals surface area contributed by atoms with Crippen LogP contribution in [0.1, 0.15) is 38.7 Å². The second kappa shape index (κ2) is 5.21. The van der Waals surface area contributed by atoms with Gasteiger partial charge in [-0.05, 0) is 63.7 Å². The highest BCUT2D eigenvalue weighted by Crippen LogP contribution is 2.41. The highest BCUT2D eigenvalue weighted by molar-refractivity contribution is 6.07. The Labute approximate surface area is 121 Å². The predicted octanol–water partition coefficient (Wildman–Crippen LogP) is 2.70. The van der Waals surface area contributed by atoms with Crippen molar-refractivity contribution >= 4 is 11.6 Å². The molecule has 0 radical (unpaired) electrons. The fourth-order valence-electron chi connectivity index (χ4n) is 3.50. The minimum atomic E-state index is -0.374. The van der Waals surface area contributed by atoms with Crippen molar-refractivity contribution in [2.45, 2.75) is 38.5 Å². The molecule has 1 fully saturated rings. The molecule has 1 atom stereocenters. The molecule has 1 saturated heterocycles. The monoisotopic (exact) mass is 272 g/mol. The summed E-state index contributed by atoms with van der Waals surface area (Å²) < 4.78 is 0. The summed E-state index contributed by atoms with van der Waals surface area (Å²) in [6, 6.07) is 8.24. The standard InChI is InChI=1S/C17H24N2O/c1-17(2)14-7-3-4-8-15(14)19(16(17)20)11-9-13-6-5-10-18-12-13/h3-4,7-8,13,18H,5-6,9-12H2,1-2H3. The number of hydrogen-bond acceptors (Lipinski definition) is 2. The Hall–Kier alpha value is -1.35. The molecule has 2 aliphatic heterocycles. The molecule has 0 aromatic heterocycles. The van der Waals surface area contributed by atoms with Gasteiger partial charge in [-0.25, -0.2) is 0 Å². The maximum atomic E-state index is 12.7. The Morgan fingerprint density at radius 1 is 1.35 bits per heavy atom. The quantitative estimate of drug-likeness (QED) is 0.917. The van der Waals surface area contributed by atoms with E-state index in [1.54, 1.807) is 0 Å². The number of hydrogen-bond donors (Lipinski definition) is 1. The summed E-state index contributed by atoms with van der Waals surface area (Å²) in [4.78, 5) is 14.7. The number of piperidine rings is 1. The lowest BCUT2D eigenvalue weighted by atomic mass is 9.86. The van der Waals surface area contributed by atoms with Gasteiger partial charge in [0.25, 0.3) is 0 Å². The van der Waals surface area contributed by atoms with Crippen molar-refractivity contribution in [3.63, 3.8) is 0 Å². The number of rotatable bonds is 3. The molecular weight excluding hydrogens is 248 g/mol. The molecule has 20 heavy (non-hydrogen) atoms. The number of anilines is 1. The minimum Gasteiger partial charge on any atom is -0.316 e. The van der Waals surface area contributed by atoms with E-state index >= 15 is 0 Å². The third-order valence-corrected chi connectivity index (χ3v) is 4.81. The van der Waals surface area contributed by atoms with Gasteiger partial charge in [-0.15, -0.1) is 0 Å². The molecule has 1 amide bonds. The van der Waals surface area contributed by atoms with Crippen LogP contribution in [0.3, 0.4) is 0 Å². The van der Waals surface area contributed by atoms with Crippen LogP contribution < -0.4 is 10.2 Å². The van der Waals surface area contributed by atoms with Crippen LogP contribution in [0, 0.1) is 5.92 Å². The first-order chi connectivity index (χ1) is 9.60. The molecule has 1 unspecified atom stereocenters. The van der Waals surface area contributed by atoms with Gasteiger partial charge in [-0.3, -0.25) is 4.79 Å². The summed E-state index contributed by atoms with van der Waals surface area (Å²) in [6.45, 7) is 7.18. The van der Waals surface area contributed by atoms with Crippen molar-refractivity contribution < 1.29 is 4.79 Å². The smallest absolute Gasteiger partial charge is 0.237 e. The number of carbonyl (C=O) groups excluding carboxylic acids is 1. The van der Waals surface area contributed by atoms with Crippen molar-refractivity contribution in [3.05, 3.63) is 29.8 Å². The van der Waals surface area contributed by atoms with E-state index in [0.29, 0.717) is 5.92 Å². The van der Waals surface area contributed by atoms with E-state index in [9.17, 15) is 4.79 Å². The summed E-state index contributed by atoms with van der Waals surface area (Å²) >= 11 is 0. The second-order valence-electron chi connectivity index (χ2n) is 6.60. The van der Waals surface area contributed by atoms with Crippen LogP contribution in [0.15, 0.2) is 24.3 Å². The normalized spacial score (nSPS) is 24.8. The van der Waals surface area contributed by atoms with Gasteiger partial charge >= 0.3 is 0 Å². The molecule has 0 aliphatic carbocycles. The first-order valence-electron chi connectivity index (χ1n) is 7.73. The lowest BCUT2D eigenvalue weighted by Gasteiger charge is -2.26. The largest absolute Gasteiger partial charge is 0.316 e. The van der Waals surface area contributed by atoms with Gasteiger partial charge in [-0.2, -0.15) is 0 Å². The van der Waals surface area contributed by atoms with Gasteiger partial charge in [-0.1, -0.05) is 18.2 Å². The Kier molecular flexibility index (Phi) is 3.55. The fourth-order valence-corrected chi connectivity index (χ4v) is 3.50. The van der Waals surface area contributed by atoms with Crippen LogP contribution in [0.25, 0.3) is 0 Å². The number of benzene rings is 1. The molecular formula is C17H24N2O. The Morgan fingerprint density at radius 2 is 2.15 bits per heavy atom. The summed E-state index contributed by atoms with van der Waals surface area (Å²) in [6.07, 6.45) is 3.66. The lowest BCUT2D eigenvalue weighted by Crippen LogP contribution is -2.38. The maximum absolute atomic E-state index is 12.7. The fraction of sp³-hybridized carbons (Fsp3) is 0.588. The van der Waals surface area contributed by atoms with Crippen LogP contribution in [0.5, 0.6) is 0 Å². The number of nitrogens with one attached hydrogen (secondary N) is 1. The molecule has 108 valence electrons. The van der Waals surface area contributed by atoms with Crippen molar-refractivity contribution in [2.24, 2.45) is 5.92 Å². The molecule has 3 rings (SSSR count). The zero-order valence-electron chi connectivity index (χ0n) is 12.5. The van der Waals surface area contributed by atoms with Gasteiger partial charge in [0.1, 0.15) is 0 Å². The Balaban J connectivity index is 1.75. The average molecular weight is 272 g/mol. The van der Waals surface area contributed by atoms with Crippen LogP contribution in [0.4, 0.5) is 5.69 Å². The topological polar surface area (TPSA) is 32.3 Å². The SMILES string of the molecule is CC1(C)C(=O)N(CCC2CCCNC2)c2ccccc21. The van der Waals surface area contributed by atoms with Crippen LogP contribution in [-0.4, -0.2) is 25.5 Å². The zero-order chi connectivity index (χ0) is 14.2. The number of nitrogens with zero attached hydrogens (tertiary/aromatic N) is 1. The number of amides is 1. The number of fused-ring (bicyclic) bond motifs is 1. The second-order valence-corrected chi connectivity index (χ2v) is 6.60. The zero-order valence-corrected chi connectivity index (χ0v) is 12.5. The Morgan fingerprint density at radius 3 is 2.90 bits per heavy atom. The molecule has 1 aromatic carbocycles. The molecule has 1 N–H and O–H groups in total. The van der Waals surface area contributed by atoms with Crippen LogP contribution >= 0.6 is 0 Å². The van der Waals surface area contributed by atoms with Gasteiger partial charge < -0.3 is 10.2 Å². The first-order valence-corrected chi connectivity index (χ1v) is 7.73. The molecule has 0 bridgehead atoms. The van der Waals surface area contributed by atoms with E-state index in [-0.39, 0.29) is 11.3 Å². The number of carbonyl (C=O) groups is 1. The van der Waals surface area contributed by atoms with Crippen molar-refractivity contribution in [1.82, 2.24) is 5.32 Å². The minimum absolute atomic E-state index is 0.252. The summed E-state index contributed by atoms with van der Waals surface area (Å²) in [7, 11) is 0. The molecule has 0 saturated carbocycles. The van der Waals surface area contributed by atoms with E-state index in [1.165, 1.54) is 18.4 Å². The first kappa shape index (κ1) is 13.6. The van der Waals surface area contributed by atoms with E-state index in [1.807, 2.05) is 30.9 Å². The summed E-state index contributed by atoms with van der Waals surface area (Å²) in [5, 5.41) is 3.45. The average Bonchev–Trinajstić information content (AvgIpc) is 2.67. The third kappa shape index (κ3) is 2.24. The molecule has 1 aromatic rings. The molecule has 3 nitrogen and oxygen atoms in total. The van der Waals surface area contributed by atoms with Gasteiger partial charge in [0.2, 0.25) is 5.91 Å². The molecule has 0 spiro atoms. The highest BCUT2D eigenvalue weighted by atomic mass is 16.2. The van der Waals surface area contributed by atoms with Crippen LogP contribution in [-0.2, 0) is 10.2 Å². The van der Waals surface area contributed by atoms with Gasteiger partial charge in [0.05, 0.1) is 5.41 Å². The van der Waals surface area contributed by atoms with Crippen molar-refractivity contribution in [2.75, 3.05) is 24.5 Å². The van der Waals surface area contributed by atoms with E-state index in [2.05, 4.69) is 17.4 Å².